The second-order valence-electron chi connectivity index (χ2n) is 5.20. The zero-order valence-corrected chi connectivity index (χ0v) is 12.1. The third-order valence-corrected chi connectivity index (χ3v) is 3.52. The Morgan fingerprint density at radius 1 is 1.19 bits per heavy atom. The van der Waals surface area contributed by atoms with E-state index in [1.165, 1.54) is 6.07 Å². The van der Waals surface area contributed by atoms with Crippen LogP contribution in [0.15, 0.2) is 48.5 Å². The molecule has 0 bridgehead atoms. The van der Waals surface area contributed by atoms with E-state index in [1.54, 1.807) is 19.1 Å². The number of halogens is 1. The minimum atomic E-state index is -0.465. The fraction of sp³-hybridized carbons (Fsp3) is 0.235. The van der Waals surface area contributed by atoms with Gasteiger partial charge in [0, 0.05) is 6.04 Å². The Hall–Kier alpha value is -2.20. The summed E-state index contributed by atoms with van der Waals surface area (Å²) in [5, 5.41) is 2.61. The number of rotatable bonds is 4. The van der Waals surface area contributed by atoms with Crippen LogP contribution < -0.4 is 11.1 Å². The third kappa shape index (κ3) is 3.67. The first-order chi connectivity index (χ1) is 9.99. The van der Waals surface area contributed by atoms with Crippen molar-refractivity contribution in [3.63, 3.8) is 0 Å². The first-order valence-corrected chi connectivity index (χ1v) is 6.86. The summed E-state index contributed by atoms with van der Waals surface area (Å²) in [6.07, 6.45) is 0. The van der Waals surface area contributed by atoms with E-state index < -0.39 is 17.8 Å². The van der Waals surface area contributed by atoms with Gasteiger partial charge in [0.25, 0.3) is 0 Å². The van der Waals surface area contributed by atoms with Gasteiger partial charge >= 0.3 is 0 Å². The summed E-state index contributed by atoms with van der Waals surface area (Å²) in [6.45, 7) is 3.58. The van der Waals surface area contributed by atoms with Gasteiger partial charge in [0.15, 0.2) is 0 Å². The molecule has 2 aromatic carbocycles. The number of carbonyl (C=O) groups excluding carboxylic acids is 1. The molecule has 2 aromatic rings. The van der Waals surface area contributed by atoms with Crippen LogP contribution in [0.3, 0.4) is 0 Å². The number of hydrogen-bond acceptors (Lipinski definition) is 2. The molecule has 0 saturated carbocycles. The molecule has 0 aliphatic rings. The molecule has 0 aromatic heterocycles. The minimum Gasteiger partial charge on any atom is -0.323 e. The van der Waals surface area contributed by atoms with E-state index in [4.69, 9.17) is 5.73 Å². The molecule has 0 radical (unpaired) electrons. The van der Waals surface area contributed by atoms with Crippen LogP contribution in [-0.4, -0.2) is 5.91 Å². The number of anilines is 1. The molecule has 4 heteroatoms. The van der Waals surface area contributed by atoms with Crippen molar-refractivity contribution >= 4 is 11.6 Å². The van der Waals surface area contributed by atoms with Gasteiger partial charge in [0.2, 0.25) is 5.91 Å². The molecule has 3 N–H and O–H groups in total. The monoisotopic (exact) mass is 286 g/mol. The highest BCUT2D eigenvalue weighted by Gasteiger charge is 2.22. The van der Waals surface area contributed by atoms with Crippen molar-refractivity contribution in [1.82, 2.24) is 0 Å². The highest BCUT2D eigenvalue weighted by molar-refractivity contribution is 5.93. The fourth-order valence-electron chi connectivity index (χ4n) is 2.11. The van der Waals surface area contributed by atoms with Crippen molar-refractivity contribution in [2.75, 3.05) is 5.32 Å². The van der Waals surface area contributed by atoms with Crippen molar-refractivity contribution in [1.29, 1.82) is 0 Å². The molecule has 110 valence electrons. The van der Waals surface area contributed by atoms with Crippen LogP contribution in [0, 0.1) is 18.7 Å². The topological polar surface area (TPSA) is 55.1 Å². The Bertz CT molecular complexity index is 628. The second-order valence-corrected chi connectivity index (χ2v) is 5.20. The average Bonchev–Trinajstić information content (AvgIpc) is 2.50. The van der Waals surface area contributed by atoms with Gasteiger partial charge in [-0.25, -0.2) is 4.39 Å². The van der Waals surface area contributed by atoms with Crippen LogP contribution in [0.5, 0.6) is 0 Å². The lowest BCUT2D eigenvalue weighted by atomic mass is 9.94. The molecule has 2 rings (SSSR count). The highest BCUT2D eigenvalue weighted by atomic mass is 19.1. The summed E-state index contributed by atoms with van der Waals surface area (Å²) in [7, 11) is 0. The number of aryl methyl sites for hydroxylation is 1. The van der Waals surface area contributed by atoms with E-state index >= 15 is 0 Å². The van der Waals surface area contributed by atoms with Crippen molar-refractivity contribution in [3.05, 3.63) is 65.5 Å². The third-order valence-electron chi connectivity index (χ3n) is 3.52. The largest absolute Gasteiger partial charge is 0.323 e. The number of hydrogen-bond donors (Lipinski definition) is 2. The summed E-state index contributed by atoms with van der Waals surface area (Å²) >= 11 is 0. The standard InChI is InChI=1S/C17H19FN2O/c1-11-8-9-14(18)15(10-11)20-17(21)12(2)16(19)13-6-4-3-5-7-13/h3-10,12,16H,19H2,1-2H3,(H,20,21). The minimum absolute atomic E-state index is 0.187. The lowest BCUT2D eigenvalue weighted by Gasteiger charge is -2.20. The Labute approximate surface area is 124 Å². The van der Waals surface area contributed by atoms with Crippen LogP contribution >= 0.6 is 0 Å². The van der Waals surface area contributed by atoms with E-state index in [2.05, 4.69) is 5.32 Å². The predicted molar refractivity (Wildman–Crippen MR) is 82.3 cm³/mol. The van der Waals surface area contributed by atoms with Gasteiger partial charge in [0.05, 0.1) is 11.6 Å². The maximum absolute atomic E-state index is 13.7. The quantitative estimate of drug-likeness (QED) is 0.905. The molecule has 0 spiro atoms. The SMILES string of the molecule is Cc1ccc(F)c(NC(=O)C(C)C(N)c2ccccc2)c1. The molecule has 0 heterocycles. The molecule has 1 amide bonds. The van der Waals surface area contributed by atoms with Crippen LogP contribution in [-0.2, 0) is 4.79 Å². The number of carbonyl (C=O) groups is 1. The van der Waals surface area contributed by atoms with Crippen LogP contribution in [0.2, 0.25) is 0 Å². The molecule has 0 aliphatic heterocycles. The maximum atomic E-state index is 13.7. The van der Waals surface area contributed by atoms with Gasteiger partial charge in [-0.3, -0.25) is 4.79 Å². The van der Waals surface area contributed by atoms with Crippen molar-refractivity contribution < 1.29 is 9.18 Å². The normalized spacial score (nSPS) is 13.5. The number of amides is 1. The Balaban J connectivity index is 2.11. The molecule has 0 aliphatic carbocycles. The summed E-state index contributed by atoms with van der Waals surface area (Å²) in [5.41, 5.74) is 8.05. The first-order valence-electron chi connectivity index (χ1n) is 6.86. The zero-order chi connectivity index (χ0) is 15.4. The van der Waals surface area contributed by atoms with Crippen molar-refractivity contribution in [2.24, 2.45) is 11.7 Å². The van der Waals surface area contributed by atoms with Crippen LogP contribution in [0.1, 0.15) is 24.1 Å². The van der Waals surface area contributed by atoms with E-state index in [0.29, 0.717) is 0 Å². The van der Waals surface area contributed by atoms with Crippen LogP contribution in [0.25, 0.3) is 0 Å². The van der Waals surface area contributed by atoms with Gasteiger partial charge in [-0.2, -0.15) is 0 Å². The fourth-order valence-corrected chi connectivity index (χ4v) is 2.11. The molecule has 3 nitrogen and oxygen atoms in total. The van der Waals surface area contributed by atoms with Crippen molar-refractivity contribution in [2.45, 2.75) is 19.9 Å². The number of nitrogens with two attached hydrogens (primary N) is 1. The average molecular weight is 286 g/mol. The van der Waals surface area contributed by atoms with Gasteiger partial charge in [-0.05, 0) is 30.2 Å². The number of benzene rings is 2. The van der Waals surface area contributed by atoms with Gasteiger partial charge < -0.3 is 11.1 Å². The van der Waals surface area contributed by atoms with Gasteiger partial charge in [-0.15, -0.1) is 0 Å². The predicted octanol–water partition coefficient (Wildman–Crippen LogP) is 3.41. The summed E-state index contributed by atoms with van der Waals surface area (Å²) in [4.78, 5) is 12.2. The summed E-state index contributed by atoms with van der Waals surface area (Å²) < 4.78 is 13.7. The zero-order valence-electron chi connectivity index (χ0n) is 12.1. The van der Waals surface area contributed by atoms with E-state index in [9.17, 15) is 9.18 Å². The van der Waals surface area contributed by atoms with E-state index in [0.717, 1.165) is 11.1 Å². The Morgan fingerprint density at radius 2 is 1.86 bits per heavy atom. The lowest BCUT2D eigenvalue weighted by molar-refractivity contribution is -0.120. The summed E-state index contributed by atoms with van der Waals surface area (Å²) in [5.74, 6) is -1.21. The van der Waals surface area contributed by atoms with Crippen molar-refractivity contribution in [3.8, 4) is 0 Å². The second kappa shape index (κ2) is 6.50. The Kier molecular flexibility index (Phi) is 4.70. The van der Waals surface area contributed by atoms with Gasteiger partial charge in [0.1, 0.15) is 5.82 Å². The highest BCUT2D eigenvalue weighted by Crippen LogP contribution is 2.22. The molecular formula is C17H19FN2O. The number of nitrogens with one attached hydrogen (secondary N) is 1. The lowest BCUT2D eigenvalue weighted by Crippen LogP contribution is -2.30. The molecule has 21 heavy (non-hydrogen) atoms. The summed E-state index contributed by atoms with van der Waals surface area (Å²) in [6, 6.07) is 13.6. The molecule has 2 atom stereocenters. The smallest absolute Gasteiger partial charge is 0.229 e. The first kappa shape index (κ1) is 15.2. The molecule has 2 unspecified atom stereocenters. The van der Waals surface area contributed by atoms with Crippen LogP contribution in [0.4, 0.5) is 10.1 Å². The maximum Gasteiger partial charge on any atom is 0.229 e. The van der Waals surface area contributed by atoms with Gasteiger partial charge in [-0.1, -0.05) is 43.3 Å². The van der Waals surface area contributed by atoms with E-state index in [-0.39, 0.29) is 11.6 Å². The molecule has 0 fully saturated rings. The molecular weight excluding hydrogens is 267 g/mol. The molecule has 0 saturated heterocycles. The van der Waals surface area contributed by atoms with E-state index in [1.807, 2.05) is 37.3 Å². The Morgan fingerprint density at radius 3 is 2.52 bits per heavy atom.